The number of benzene rings is 2. The second-order valence-electron chi connectivity index (χ2n) is 6.27. The Bertz CT molecular complexity index is 1320. The lowest BCUT2D eigenvalue weighted by Crippen LogP contribution is -1.86. The number of thiophene rings is 1. The maximum Gasteiger partial charge on any atom is 0.126 e. The van der Waals surface area contributed by atoms with Crippen LogP contribution in [-0.4, -0.2) is 22.1 Å². The minimum absolute atomic E-state index is 0.748. The van der Waals surface area contributed by atoms with Crippen molar-refractivity contribution in [3.8, 4) is 5.75 Å². The van der Waals surface area contributed by atoms with Crippen LogP contribution in [0, 0.1) is 0 Å². The topological polar surface area (TPSA) is 47.9 Å². The molecule has 0 atom stereocenters. The number of ether oxygens (including phenoxy) is 1. The number of rotatable bonds is 4. The molecule has 0 amide bonds. The fourth-order valence-corrected chi connectivity index (χ4v) is 5.36. The largest absolute Gasteiger partial charge is 0.497 e. The van der Waals surface area contributed by atoms with Gasteiger partial charge in [-0.2, -0.15) is 0 Å². The second kappa shape index (κ2) is 7.20. The van der Waals surface area contributed by atoms with Gasteiger partial charge in [-0.15, -0.1) is 23.1 Å². The molecule has 0 N–H and O–H groups in total. The van der Waals surface area contributed by atoms with Gasteiger partial charge in [0, 0.05) is 21.5 Å². The normalized spacial score (nSPS) is 11.5. The summed E-state index contributed by atoms with van der Waals surface area (Å²) < 4.78 is 6.42. The van der Waals surface area contributed by atoms with Crippen LogP contribution in [0.2, 0.25) is 5.02 Å². The average Bonchev–Trinajstić information content (AvgIpc) is 3.09. The first kappa shape index (κ1) is 17.7. The molecule has 28 heavy (non-hydrogen) atoms. The van der Waals surface area contributed by atoms with Crippen molar-refractivity contribution in [2.45, 2.75) is 10.8 Å². The van der Waals surface area contributed by atoms with Gasteiger partial charge in [-0.3, -0.25) is 0 Å². The highest BCUT2D eigenvalue weighted by molar-refractivity contribution is 7.98. The summed E-state index contributed by atoms with van der Waals surface area (Å²) in [5, 5.41) is 3.82. The third-order valence-electron chi connectivity index (χ3n) is 4.50. The number of nitrogens with zero attached hydrogens (tertiary/aromatic N) is 3. The third kappa shape index (κ3) is 3.17. The fourth-order valence-electron chi connectivity index (χ4n) is 3.08. The fraction of sp³-hybridized carbons (Fsp3) is 0.0952. The van der Waals surface area contributed by atoms with E-state index in [1.807, 2.05) is 42.5 Å². The van der Waals surface area contributed by atoms with Gasteiger partial charge in [0.25, 0.3) is 0 Å². The molecule has 5 rings (SSSR count). The maximum atomic E-state index is 5.97. The van der Waals surface area contributed by atoms with E-state index in [2.05, 4.69) is 16.0 Å². The molecule has 0 spiro atoms. The van der Waals surface area contributed by atoms with Gasteiger partial charge in [0.15, 0.2) is 0 Å². The molecule has 0 aliphatic rings. The molecule has 5 aromatic rings. The highest BCUT2D eigenvalue weighted by atomic mass is 35.5. The van der Waals surface area contributed by atoms with E-state index in [1.165, 1.54) is 5.56 Å². The molecule has 0 aliphatic carbocycles. The van der Waals surface area contributed by atoms with Gasteiger partial charge in [0.1, 0.15) is 21.9 Å². The van der Waals surface area contributed by atoms with Crippen molar-refractivity contribution in [3.05, 3.63) is 65.4 Å². The van der Waals surface area contributed by atoms with E-state index >= 15 is 0 Å². The smallest absolute Gasteiger partial charge is 0.126 e. The van der Waals surface area contributed by atoms with Crippen LogP contribution in [0.3, 0.4) is 0 Å². The first-order chi connectivity index (χ1) is 13.7. The van der Waals surface area contributed by atoms with Crippen molar-refractivity contribution in [1.82, 2.24) is 15.0 Å². The Labute approximate surface area is 174 Å². The zero-order valence-electron chi connectivity index (χ0n) is 14.8. The van der Waals surface area contributed by atoms with Crippen molar-refractivity contribution in [1.29, 1.82) is 0 Å². The van der Waals surface area contributed by atoms with Crippen LogP contribution in [0.5, 0.6) is 5.75 Å². The number of halogens is 1. The minimum Gasteiger partial charge on any atom is -0.497 e. The zero-order chi connectivity index (χ0) is 19.1. The SMILES string of the molecule is COc1ccc2nc3sc4c(SCc5ccc(Cl)cc5)ncnc4c3cc2c1. The summed E-state index contributed by atoms with van der Waals surface area (Å²) in [7, 11) is 1.67. The van der Waals surface area contributed by atoms with Crippen LogP contribution in [0.25, 0.3) is 31.3 Å². The Morgan fingerprint density at radius 3 is 2.75 bits per heavy atom. The number of methoxy groups -OCH3 is 1. The molecule has 3 heterocycles. The van der Waals surface area contributed by atoms with Crippen LogP contribution in [0.4, 0.5) is 0 Å². The number of aromatic nitrogens is 3. The first-order valence-electron chi connectivity index (χ1n) is 8.60. The Balaban J connectivity index is 1.58. The van der Waals surface area contributed by atoms with Gasteiger partial charge in [-0.05, 0) is 42.0 Å². The van der Waals surface area contributed by atoms with E-state index in [4.69, 9.17) is 21.3 Å². The first-order valence-corrected chi connectivity index (χ1v) is 10.8. The molecule has 0 bridgehead atoms. The van der Waals surface area contributed by atoms with Gasteiger partial charge in [-0.25, -0.2) is 15.0 Å². The number of fused-ring (bicyclic) bond motifs is 4. The molecule has 0 fully saturated rings. The van der Waals surface area contributed by atoms with E-state index in [1.54, 1.807) is 36.5 Å². The van der Waals surface area contributed by atoms with Crippen LogP contribution >= 0.6 is 34.7 Å². The van der Waals surface area contributed by atoms with Crippen molar-refractivity contribution >= 4 is 66.0 Å². The molecule has 0 radical (unpaired) electrons. The average molecular weight is 424 g/mol. The Morgan fingerprint density at radius 1 is 1.07 bits per heavy atom. The number of pyridine rings is 1. The quantitative estimate of drug-likeness (QED) is 0.249. The summed E-state index contributed by atoms with van der Waals surface area (Å²) >= 11 is 9.32. The molecule has 0 unspecified atom stereocenters. The number of hydrogen-bond acceptors (Lipinski definition) is 6. The van der Waals surface area contributed by atoms with E-state index in [0.29, 0.717) is 0 Å². The summed E-state index contributed by atoms with van der Waals surface area (Å²) in [4.78, 5) is 14.9. The predicted molar refractivity (Wildman–Crippen MR) is 118 cm³/mol. The number of thioether (sulfide) groups is 1. The summed E-state index contributed by atoms with van der Waals surface area (Å²) in [5.41, 5.74) is 3.10. The standard InChI is InChI=1S/C21H14ClN3OS2/c1-26-15-6-7-17-13(8-15)9-16-18-19(28-20(16)25-17)21(24-11-23-18)27-10-12-2-4-14(22)5-3-12/h2-9,11H,10H2,1H3. The van der Waals surface area contributed by atoms with Gasteiger partial charge in [0.2, 0.25) is 0 Å². The Kier molecular flexibility index (Phi) is 4.55. The molecular formula is C21H14ClN3OS2. The Morgan fingerprint density at radius 2 is 1.93 bits per heavy atom. The summed E-state index contributed by atoms with van der Waals surface area (Å²) in [5.74, 6) is 1.64. The highest BCUT2D eigenvalue weighted by Crippen LogP contribution is 2.38. The lowest BCUT2D eigenvalue weighted by Gasteiger charge is -2.03. The molecule has 0 saturated carbocycles. The van der Waals surface area contributed by atoms with Gasteiger partial charge >= 0.3 is 0 Å². The molecule has 0 aliphatic heterocycles. The molecular weight excluding hydrogens is 410 g/mol. The van der Waals surface area contributed by atoms with Crippen LogP contribution in [-0.2, 0) is 5.75 Å². The van der Waals surface area contributed by atoms with E-state index in [0.717, 1.165) is 52.9 Å². The van der Waals surface area contributed by atoms with Crippen molar-refractivity contribution in [2.24, 2.45) is 0 Å². The lowest BCUT2D eigenvalue weighted by molar-refractivity contribution is 0.415. The van der Waals surface area contributed by atoms with Gasteiger partial charge in [-0.1, -0.05) is 23.7 Å². The van der Waals surface area contributed by atoms with E-state index in [-0.39, 0.29) is 0 Å². The van der Waals surface area contributed by atoms with Crippen molar-refractivity contribution < 1.29 is 4.74 Å². The molecule has 4 nitrogen and oxygen atoms in total. The summed E-state index contributed by atoms with van der Waals surface area (Å²) in [6.07, 6.45) is 1.63. The summed E-state index contributed by atoms with van der Waals surface area (Å²) in [6, 6.07) is 16.0. The number of hydrogen-bond donors (Lipinski definition) is 0. The lowest BCUT2D eigenvalue weighted by atomic mass is 10.1. The maximum absolute atomic E-state index is 5.97. The van der Waals surface area contributed by atoms with Crippen LogP contribution in [0.15, 0.2) is 59.9 Å². The Hall–Kier alpha value is -2.41. The monoisotopic (exact) mass is 423 g/mol. The minimum atomic E-state index is 0.748. The van der Waals surface area contributed by atoms with Crippen molar-refractivity contribution in [2.75, 3.05) is 7.11 Å². The molecule has 7 heteroatoms. The van der Waals surface area contributed by atoms with E-state index < -0.39 is 0 Å². The predicted octanol–water partition coefficient (Wildman–Crippen LogP) is 6.35. The van der Waals surface area contributed by atoms with Crippen LogP contribution in [0.1, 0.15) is 5.56 Å². The van der Waals surface area contributed by atoms with E-state index in [9.17, 15) is 0 Å². The third-order valence-corrected chi connectivity index (χ3v) is 7.04. The summed E-state index contributed by atoms with van der Waals surface area (Å²) in [6.45, 7) is 0. The van der Waals surface area contributed by atoms with Gasteiger partial charge in [0.05, 0.1) is 22.8 Å². The van der Waals surface area contributed by atoms with Crippen LogP contribution < -0.4 is 4.74 Å². The molecule has 138 valence electrons. The zero-order valence-corrected chi connectivity index (χ0v) is 17.2. The van der Waals surface area contributed by atoms with Crippen molar-refractivity contribution in [3.63, 3.8) is 0 Å². The van der Waals surface area contributed by atoms with Gasteiger partial charge < -0.3 is 4.74 Å². The molecule has 3 aromatic heterocycles. The highest BCUT2D eigenvalue weighted by Gasteiger charge is 2.14. The second-order valence-corrected chi connectivity index (χ2v) is 8.67. The molecule has 0 saturated heterocycles. The molecule has 2 aromatic carbocycles.